The first-order valence-electron chi connectivity index (χ1n) is 11.1. The molecule has 0 spiro atoms. The zero-order valence-corrected chi connectivity index (χ0v) is 19.1. The summed E-state index contributed by atoms with van der Waals surface area (Å²) < 4.78 is 20.1. The third kappa shape index (κ3) is 4.05. The van der Waals surface area contributed by atoms with E-state index in [2.05, 4.69) is 50.7 Å². The number of likely N-dealkylation sites (N-methyl/N-ethyl adjacent to an activating group) is 1. The van der Waals surface area contributed by atoms with E-state index in [1.165, 1.54) is 11.9 Å². The third-order valence-corrected chi connectivity index (χ3v) is 5.81. The zero-order chi connectivity index (χ0) is 23.2. The highest BCUT2D eigenvalue weighted by molar-refractivity contribution is 5.83. The van der Waals surface area contributed by atoms with Crippen molar-refractivity contribution in [2.75, 3.05) is 11.9 Å². The predicted molar refractivity (Wildman–Crippen MR) is 120 cm³/mol. The number of hydrogen-bond acceptors (Lipinski definition) is 8. The quantitative estimate of drug-likeness (QED) is 0.586. The largest absolute Gasteiger partial charge is 0.364 e. The van der Waals surface area contributed by atoms with Crippen molar-refractivity contribution in [3.63, 3.8) is 0 Å². The van der Waals surface area contributed by atoms with Gasteiger partial charge in [0.2, 0.25) is 0 Å². The molecule has 3 aromatic rings. The summed E-state index contributed by atoms with van der Waals surface area (Å²) in [5.41, 5.74) is 3.55. The lowest BCUT2D eigenvalue weighted by atomic mass is 10.1. The van der Waals surface area contributed by atoms with Crippen LogP contribution >= 0.6 is 0 Å². The summed E-state index contributed by atoms with van der Waals surface area (Å²) in [4.78, 5) is 26.0. The van der Waals surface area contributed by atoms with E-state index in [0.717, 1.165) is 5.56 Å². The van der Waals surface area contributed by atoms with Crippen molar-refractivity contribution in [2.24, 2.45) is 0 Å². The van der Waals surface area contributed by atoms with Crippen LogP contribution in [0.3, 0.4) is 0 Å². The molecular formula is C23H28N6O4. The van der Waals surface area contributed by atoms with Gasteiger partial charge in [0.25, 0.3) is 5.91 Å². The van der Waals surface area contributed by atoms with E-state index in [0.29, 0.717) is 30.1 Å². The molecule has 0 radical (unpaired) electrons. The number of nitrogens with zero attached hydrogens (tertiary/aromatic N) is 4. The monoisotopic (exact) mass is 452 g/mol. The van der Waals surface area contributed by atoms with E-state index < -0.39 is 30.3 Å². The van der Waals surface area contributed by atoms with Crippen molar-refractivity contribution in [3.8, 4) is 0 Å². The Bertz CT molecular complexity index is 1180. The summed E-state index contributed by atoms with van der Waals surface area (Å²) in [7, 11) is 0. The smallest absolute Gasteiger partial charge is 0.252 e. The lowest BCUT2D eigenvalue weighted by molar-refractivity contribution is -0.197. The number of fused-ring (bicyclic) bond motifs is 2. The van der Waals surface area contributed by atoms with Crippen LogP contribution in [0.25, 0.3) is 11.2 Å². The molecule has 2 N–H and O–H groups in total. The van der Waals surface area contributed by atoms with Gasteiger partial charge in [-0.2, -0.15) is 0 Å². The Hall–Kier alpha value is -3.08. The Morgan fingerprint density at radius 2 is 2.00 bits per heavy atom. The molecule has 2 saturated heterocycles. The number of nitrogens with one attached hydrogen (secondary N) is 2. The maximum atomic E-state index is 12.6. The SMILES string of the molecule is CCNC(=O)[C@H]1O[C@@H](n2cnc3c(NCc4cccc(C)c4)ncnc32)[C@@H]2OC(C)(C)O[C@@H]21. The molecule has 0 saturated carbocycles. The molecule has 4 heterocycles. The molecule has 174 valence electrons. The number of aromatic nitrogens is 4. The lowest BCUT2D eigenvalue weighted by Gasteiger charge is -2.24. The van der Waals surface area contributed by atoms with E-state index in [1.54, 1.807) is 10.9 Å². The Kier molecular flexibility index (Phi) is 5.51. The van der Waals surface area contributed by atoms with Gasteiger partial charge in [-0.15, -0.1) is 0 Å². The second kappa shape index (κ2) is 8.36. The minimum absolute atomic E-state index is 0.226. The van der Waals surface area contributed by atoms with Gasteiger partial charge in [-0.3, -0.25) is 9.36 Å². The Balaban J connectivity index is 1.44. The Morgan fingerprint density at radius 1 is 1.18 bits per heavy atom. The molecule has 2 fully saturated rings. The van der Waals surface area contributed by atoms with Gasteiger partial charge in [0.1, 0.15) is 18.5 Å². The summed E-state index contributed by atoms with van der Waals surface area (Å²) >= 11 is 0. The number of aryl methyl sites for hydroxylation is 1. The standard InChI is InChI=1S/C23H28N6O4/c1-5-24-21(30)17-16-18(33-23(3,4)32-16)22(31-17)29-12-28-15-19(26-11-27-20(15)29)25-10-14-8-6-7-13(2)9-14/h6-9,11-12,16-18,22H,5,10H2,1-4H3,(H,24,30)(H,25,26,27)/t16-,17+,18-,22-/m1/s1. The van der Waals surface area contributed by atoms with E-state index in [4.69, 9.17) is 14.2 Å². The molecule has 4 atom stereocenters. The molecule has 0 bridgehead atoms. The number of rotatable bonds is 6. The van der Waals surface area contributed by atoms with Crippen molar-refractivity contribution < 1.29 is 19.0 Å². The van der Waals surface area contributed by atoms with Crippen LogP contribution in [0.4, 0.5) is 5.82 Å². The van der Waals surface area contributed by atoms with Gasteiger partial charge in [-0.25, -0.2) is 15.0 Å². The molecule has 0 aliphatic carbocycles. The van der Waals surface area contributed by atoms with Gasteiger partial charge < -0.3 is 24.8 Å². The van der Waals surface area contributed by atoms with Crippen molar-refractivity contribution in [3.05, 3.63) is 48.0 Å². The number of hydrogen-bond donors (Lipinski definition) is 2. The van der Waals surface area contributed by atoms with Crippen LogP contribution in [0.1, 0.15) is 38.1 Å². The minimum Gasteiger partial charge on any atom is -0.364 e. The number of carbonyl (C=O) groups excluding carboxylic acids is 1. The molecule has 2 aliphatic heterocycles. The fourth-order valence-electron chi connectivity index (χ4n) is 4.46. The van der Waals surface area contributed by atoms with Crippen molar-refractivity contribution in [1.82, 2.24) is 24.8 Å². The van der Waals surface area contributed by atoms with Gasteiger partial charge in [-0.1, -0.05) is 29.8 Å². The molecule has 0 unspecified atom stereocenters. The van der Waals surface area contributed by atoms with Crippen LogP contribution in [0.2, 0.25) is 0 Å². The van der Waals surface area contributed by atoms with Crippen LogP contribution in [-0.2, 0) is 25.5 Å². The third-order valence-electron chi connectivity index (χ3n) is 5.81. The van der Waals surface area contributed by atoms with Crippen molar-refractivity contribution in [1.29, 1.82) is 0 Å². The second-order valence-corrected chi connectivity index (χ2v) is 8.80. The fourth-order valence-corrected chi connectivity index (χ4v) is 4.46. The maximum Gasteiger partial charge on any atom is 0.252 e. The van der Waals surface area contributed by atoms with E-state index in [-0.39, 0.29) is 5.91 Å². The van der Waals surface area contributed by atoms with E-state index >= 15 is 0 Å². The first-order chi connectivity index (χ1) is 15.9. The molecule has 33 heavy (non-hydrogen) atoms. The molecule has 2 aromatic heterocycles. The van der Waals surface area contributed by atoms with Gasteiger partial charge in [0.15, 0.2) is 35.1 Å². The number of anilines is 1. The molecule has 1 amide bonds. The van der Waals surface area contributed by atoms with Gasteiger partial charge >= 0.3 is 0 Å². The van der Waals surface area contributed by atoms with Crippen LogP contribution in [0.5, 0.6) is 0 Å². The van der Waals surface area contributed by atoms with Crippen molar-refractivity contribution >= 4 is 22.9 Å². The lowest BCUT2D eigenvalue weighted by Crippen LogP contribution is -2.42. The minimum atomic E-state index is -0.825. The summed E-state index contributed by atoms with van der Waals surface area (Å²) in [6.07, 6.45) is 0.712. The molecule has 1 aromatic carbocycles. The fraction of sp³-hybridized carbons (Fsp3) is 0.478. The number of imidazole rings is 1. The molecular weight excluding hydrogens is 424 g/mol. The zero-order valence-electron chi connectivity index (χ0n) is 19.1. The Labute approximate surface area is 191 Å². The summed E-state index contributed by atoms with van der Waals surface area (Å²) in [6.45, 7) is 8.70. The van der Waals surface area contributed by atoms with Gasteiger partial charge in [0.05, 0.1) is 6.33 Å². The van der Waals surface area contributed by atoms with Crippen molar-refractivity contribution in [2.45, 2.75) is 64.6 Å². The number of carbonyl (C=O) groups is 1. The maximum absolute atomic E-state index is 12.6. The number of amides is 1. The van der Waals surface area contributed by atoms with Crippen LogP contribution in [0.15, 0.2) is 36.9 Å². The molecule has 2 aliphatic rings. The van der Waals surface area contributed by atoms with Gasteiger partial charge in [0, 0.05) is 13.1 Å². The molecule has 10 heteroatoms. The van der Waals surface area contributed by atoms with E-state index in [9.17, 15) is 4.79 Å². The summed E-state index contributed by atoms with van der Waals surface area (Å²) in [6, 6.07) is 8.27. The first-order valence-corrected chi connectivity index (χ1v) is 11.1. The Morgan fingerprint density at radius 3 is 2.79 bits per heavy atom. The van der Waals surface area contributed by atoms with Gasteiger partial charge in [-0.05, 0) is 33.3 Å². The average Bonchev–Trinajstić information content (AvgIpc) is 3.43. The van der Waals surface area contributed by atoms with Crippen LogP contribution in [-0.4, -0.2) is 56.1 Å². The predicted octanol–water partition coefficient (Wildman–Crippen LogP) is 2.30. The summed E-state index contributed by atoms with van der Waals surface area (Å²) in [5, 5.41) is 6.17. The first kappa shape index (κ1) is 21.7. The normalized spacial score (nSPS) is 25.8. The van der Waals surface area contributed by atoms with Crippen LogP contribution < -0.4 is 10.6 Å². The molecule has 10 nitrogen and oxygen atoms in total. The highest BCUT2D eigenvalue weighted by Gasteiger charge is 2.58. The average molecular weight is 453 g/mol. The highest BCUT2D eigenvalue weighted by atomic mass is 16.8. The van der Waals surface area contributed by atoms with Crippen LogP contribution in [0, 0.1) is 6.92 Å². The second-order valence-electron chi connectivity index (χ2n) is 8.80. The number of benzene rings is 1. The topological polar surface area (TPSA) is 112 Å². The van der Waals surface area contributed by atoms with E-state index in [1.807, 2.05) is 26.8 Å². The molecule has 5 rings (SSSR count). The number of ether oxygens (including phenoxy) is 3. The summed E-state index contributed by atoms with van der Waals surface area (Å²) in [5.74, 6) is -0.427. The highest BCUT2D eigenvalue weighted by Crippen LogP contribution is 2.44.